The summed E-state index contributed by atoms with van der Waals surface area (Å²) in [5, 5.41) is 15.8. The van der Waals surface area contributed by atoms with Gasteiger partial charge in [-0.3, -0.25) is 0 Å². The van der Waals surface area contributed by atoms with Gasteiger partial charge in [0.2, 0.25) is 0 Å². The molecule has 4 rings (SSSR count). The summed E-state index contributed by atoms with van der Waals surface area (Å²) in [5.74, 6) is 1.67. The van der Waals surface area contributed by atoms with Gasteiger partial charge in [0.25, 0.3) is 0 Å². The van der Waals surface area contributed by atoms with Gasteiger partial charge in [-0.05, 0) is 54.2 Å². The first-order chi connectivity index (χ1) is 9.90. The van der Waals surface area contributed by atoms with Crippen molar-refractivity contribution in [2.75, 3.05) is 24.6 Å². The first-order valence-corrected chi connectivity index (χ1v) is 7.32. The number of tetrazole rings is 1. The predicted molar refractivity (Wildman–Crippen MR) is 72.5 cm³/mol. The molecule has 0 radical (unpaired) electrons. The van der Waals surface area contributed by atoms with Crippen molar-refractivity contribution in [3.05, 3.63) is 12.1 Å². The molecular formula is C13H18N6O. The van der Waals surface area contributed by atoms with Crippen LogP contribution in [0.4, 0.5) is 5.82 Å². The minimum Gasteiger partial charge on any atom is -0.378 e. The van der Waals surface area contributed by atoms with Crippen LogP contribution in [0.2, 0.25) is 0 Å². The van der Waals surface area contributed by atoms with Crippen LogP contribution >= 0.6 is 0 Å². The van der Waals surface area contributed by atoms with Crippen LogP contribution in [0.25, 0.3) is 5.65 Å². The van der Waals surface area contributed by atoms with Crippen LogP contribution in [0.5, 0.6) is 0 Å². The lowest BCUT2D eigenvalue weighted by molar-refractivity contribution is 0.0531. The zero-order valence-electron chi connectivity index (χ0n) is 11.4. The van der Waals surface area contributed by atoms with Crippen molar-refractivity contribution in [3.8, 4) is 0 Å². The Hall–Kier alpha value is -1.76. The number of hydrogen-bond donors (Lipinski definition) is 0. The molecule has 0 amide bonds. The highest BCUT2D eigenvalue weighted by molar-refractivity contribution is 5.44. The predicted octanol–water partition coefficient (Wildman–Crippen LogP) is 0.915. The quantitative estimate of drug-likeness (QED) is 0.811. The van der Waals surface area contributed by atoms with Gasteiger partial charge in [0, 0.05) is 19.7 Å². The van der Waals surface area contributed by atoms with E-state index in [-0.39, 0.29) is 0 Å². The number of anilines is 1. The number of fused-ring (bicyclic) bond motifs is 1. The monoisotopic (exact) mass is 274 g/mol. The maximum Gasteiger partial charge on any atom is 0.200 e. The standard InChI is InChI=1S/C13H18N6O/c1-2-11(20-9-1)10-5-7-18(8-6-10)13-4-3-12-14-16-17-19(12)15-13/h3-4,10-11H,1-2,5-9H2. The molecule has 7 nitrogen and oxygen atoms in total. The highest BCUT2D eigenvalue weighted by Gasteiger charge is 2.29. The van der Waals surface area contributed by atoms with E-state index in [9.17, 15) is 0 Å². The zero-order chi connectivity index (χ0) is 13.4. The number of rotatable bonds is 2. The lowest BCUT2D eigenvalue weighted by Gasteiger charge is -2.34. The van der Waals surface area contributed by atoms with Crippen molar-refractivity contribution in [2.45, 2.75) is 31.8 Å². The third-order valence-corrected chi connectivity index (χ3v) is 4.41. The molecule has 2 saturated heterocycles. The van der Waals surface area contributed by atoms with Gasteiger partial charge in [-0.2, -0.15) is 0 Å². The maximum absolute atomic E-state index is 5.82. The summed E-state index contributed by atoms with van der Waals surface area (Å²) < 4.78 is 7.30. The van der Waals surface area contributed by atoms with E-state index in [4.69, 9.17) is 4.74 Å². The van der Waals surface area contributed by atoms with Gasteiger partial charge in [-0.15, -0.1) is 14.8 Å². The summed E-state index contributed by atoms with van der Waals surface area (Å²) in [6.07, 6.45) is 5.31. The number of aromatic nitrogens is 5. The topological polar surface area (TPSA) is 68.4 Å². The number of hydrogen-bond acceptors (Lipinski definition) is 6. The fourth-order valence-electron chi connectivity index (χ4n) is 3.28. The third-order valence-electron chi connectivity index (χ3n) is 4.41. The summed E-state index contributed by atoms with van der Waals surface area (Å²) >= 11 is 0. The van der Waals surface area contributed by atoms with E-state index >= 15 is 0 Å². The van der Waals surface area contributed by atoms with Gasteiger partial charge in [0.15, 0.2) is 11.5 Å². The Kier molecular flexibility index (Phi) is 2.99. The van der Waals surface area contributed by atoms with Gasteiger partial charge >= 0.3 is 0 Å². The van der Waals surface area contributed by atoms with Crippen LogP contribution in [0.1, 0.15) is 25.7 Å². The Morgan fingerprint density at radius 1 is 1.15 bits per heavy atom. The van der Waals surface area contributed by atoms with Crippen molar-refractivity contribution in [2.24, 2.45) is 5.92 Å². The number of ether oxygens (including phenoxy) is 1. The highest BCUT2D eigenvalue weighted by Crippen LogP contribution is 2.30. The van der Waals surface area contributed by atoms with Crippen molar-refractivity contribution in [1.29, 1.82) is 0 Å². The summed E-state index contributed by atoms with van der Waals surface area (Å²) in [6, 6.07) is 3.91. The van der Waals surface area contributed by atoms with Crippen LogP contribution in [0.3, 0.4) is 0 Å². The van der Waals surface area contributed by atoms with Crippen molar-refractivity contribution >= 4 is 11.5 Å². The van der Waals surface area contributed by atoms with Crippen LogP contribution in [0, 0.1) is 5.92 Å². The molecule has 0 spiro atoms. The molecule has 0 N–H and O–H groups in total. The lowest BCUT2D eigenvalue weighted by Crippen LogP contribution is -2.38. The minimum atomic E-state index is 0.493. The Labute approximate surface area is 116 Å². The van der Waals surface area contributed by atoms with Gasteiger partial charge in [-0.25, -0.2) is 0 Å². The summed E-state index contributed by atoms with van der Waals surface area (Å²) in [5.41, 5.74) is 0.683. The van der Waals surface area contributed by atoms with E-state index in [1.807, 2.05) is 12.1 Å². The molecule has 4 heterocycles. The summed E-state index contributed by atoms with van der Waals surface area (Å²) in [4.78, 5) is 2.31. The molecule has 20 heavy (non-hydrogen) atoms. The lowest BCUT2D eigenvalue weighted by atomic mass is 9.90. The van der Waals surface area contributed by atoms with Crippen molar-refractivity contribution in [3.63, 3.8) is 0 Å². The fraction of sp³-hybridized carbons (Fsp3) is 0.692. The van der Waals surface area contributed by atoms with E-state index in [0.29, 0.717) is 17.7 Å². The summed E-state index contributed by atoms with van der Waals surface area (Å²) in [6.45, 7) is 3.01. The molecular weight excluding hydrogens is 256 g/mol. The van der Waals surface area contributed by atoms with Crippen molar-refractivity contribution in [1.82, 2.24) is 25.3 Å². The van der Waals surface area contributed by atoms with Gasteiger partial charge in [-0.1, -0.05) is 0 Å². The van der Waals surface area contributed by atoms with E-state index in [0.717, 1.165) is 25.5 Å². The second kappa shape index (κ2) is 4.97. The molecule has 0 aromatic carbocycles. The van der Waals surface area contributed by atoms with Crippen LogP contribution in [-0.4, -0.2) is 51.1 Å². The molecule has 1 unspecified atom stereocenters. The third kappa shape index (κ3) is 2.11. The first kappa shape index (κ1) is 12.0. The van der Waals surface area contributed by atoms with E-state index in [1.54, 1.807) is 0 Å². The summed E-state index contributed by atoms with van der Waals surface area (Å²) in [7, 11) is 0. The second-order valence-corrected chi connectivity index (χ2v) is 5.59. The van der Waals surface area contributed by atoms with Gasteiger partial charge in [0.1, 0.15) is 0 Å². The fourth-order valence-corrected chi connectivity index (χ4v) is 3.28. The zero-order valence-corrected chi connectivity index (χ0v) is 11.4. The first-order valence-electron chi connectivity index (χ1n) is 7.32. The van der Waals surface area contributed by atoms with Crippen LogP contribution in [0.15, 0.2) is 12.1 Å². The number of nitrogens with zero attached hydrogens (tertiary/aromatic N) is 6. The Balaban J connectivity index is 1.45. The average Bonchev–Trinajstić information content (AvgIpc) is 3.18. The Morgan fingerprint density at radius 2 is 2.05 bits per heavy atom. The maximum atomic E-state index is 5.82. The SMILES string of the molecule is c1cc2nnnn2nc1N1CCC(C2CCCO2)CC1. The smallest absolute Gasteiger partial charge is 0.200 e. The van der Waals surface area contributed by atoms with Crippen LogP contribution < -0.4 is 4.90 Å². The average molecular weight is 274 g/mol. The molecule has 2 aromatic rings. The molecule has 0 saturated carbocycles. The van der Waals surface area contributed by atoms with E-state index in [1.165, 1.54) is 30.3 Å². The van der Waals surface area contributed by atoms with E-state index < -0.39 is 0 Å². The molecule has 106 valence electrons. The molecule has 2 aromatic heterocycles. The Bertz CT molecular complexity index is 585. The van der Waals surface area contributed by atoms with E-state index in [2.05, 4.69) is 25.5 Å². The molecule has 1 atom stereocenters. The van der Waals surface area contributed by atoms with Crippen molar-refractivity contribution < 1.29 is 4.74 Å². The number of piperidine rings is 1. The second-order valence-electron chi connectivity index (χ2n) is 5.59. The van der Waals surface area contributed by atoms with Gasteiger partial charge < -0.3 is 9.64 Å². The normalized spacial score (nSPS) is 24.6. The largest absolute Gasteiger partial charge is 0.378 e. The van der Waals surface area contributed by atoms with Crippen LogP contribution in [-0.2, 0) is 4.74 Å². The molecule has 0 aliphatic carbocycles. The Morgan fingerprint density at radius 3 is 2.85 bits per heavy atom. The molecule has 0 bridgehead atoms. The van der Waals surface area contributed by atoms with Gasteiger partial charge in [0.05, 0.1) is 6.10 Å². The minimum absolute atomic E-state index is 0.493. The molecule has 7 heteroatoms. The molecule has 2 aliphatic heterocycles. The molecule has 2 aliphatic rings. The molecule has 2 fully saturated rings. The highest BCUT2D eigenvalue weighted by atomic mass is 16.5.